The average Bonchev–Trinajstić information content (AvgIpc) is 3.16. The molecule has 1 aromatic rings. The second-order valence-corrected chi connectivity index (χ2v) is 9.66. The third kappa shape index (κ3) is 9.74. The molecule has 0 spiro atoms. The summed E-state index contributed by atoms with van der Waals surface area (Å²) in [4.78, 5) is 15.3. The summed E-state index contributed by atoms with van der Waals surface area (Å²) in [5.41, 5.74) is 0. The van der Waals surface area contributed by atoms with Crippen molar-refractivity contribution in [3.8, 4) is 0 Å². The first-order valence-electron chi connectivity index (χ1n) is 10.3. The van der Waals surface area contributed by atoms with Crippen LogP contribution < -0.4 is 10.6 Å². The number of halogens is 1. The van der Waals surface area contributed by atoms with E-state index in [-0.39, 0.29) is 6.61 Å². The number of hydrogen-bond acceptors (Lipinski definition) is 8. The Bertz CT molecular complexity index is 653. The third-order valence-electron chi connectivity index (χ3n) is 4.91. The van der Waals surface area contributed by atoms with Crippen LogP contribution in [0.3, 0.4) is 0 Å². The molecule has 1 aromatic heterocycles. The summed E-state index contributed by atoms with van der Waals surface area (Å²) >= 11 is 4.99. The van der Waals surface area contributed by atoms with E-state index < -0.39 is 0 Å². The first-order valence-corrected chi connectivity index (χ1v) is 11.9. The molecule has 0 amide bonds. The number of rotatable bonds is 8. The topological polar surface area (TPSA) is 79.3 Å². The minimum atomic E-state index is 0.215. The van der Waals surface area contributed by atoms with Crippen molar-refractivity contribution < 1.29 is 5.11 Å². The molecule has 1 atom stereocenters. The van der Waals surface area contributed by atoms with Crippen LogP contribution in [-0.4, -0.2) is 104 Å². The molecule has 0 bridgehead atoms. The fraction of sp³-hybridized carbons (Fsp3) is 0.700. The van der Waals surface area contributed by atoms with Crippen molar-refractivity contribution in [1.82, 2.24) is 25.0 Å². The fourth-order valence-electron chi connectivity index (χ4n) is 2.66. The average molecular weight is 505 g/mol. The summed E-state index contributed by atoms with van der Waals surface area (Å²) in [7, 11) is 7.79. The Labute approximate surface area is 194 Å². The van der Waals surface area contributed by atoms with Gasteiger partial charge in [0.2, 0.25) is 0 Å². The summed E-state index contributed by atoms with van der Waals surface area (Å²) in [5, 5.41) is 16.3. The number of anilines is 1. The number of nitrogens with one attached hydrogen (secondary N) is 2. The molecule has 1 saturated heterocycles. The van der Waals surface area contributed by atoms with Crippen LogP contribution in [0.1, 0.15) is 20.3 Å². The summed E-state index contributed by atoms with van der Waals surface area (Å²) in [6.07, 6.45) is 5.06. The van der Waals surface area contributed by atoms with Gasteiger partial charge in [0.25, 0.3) is 0 Å². The Balaban J connectivity index is 0.000000656. The number of β-amino-alcohol motifs (C(OH)–C–C–N with tert-alkyl or cyclic N) is 1. The van der Waals surface area contributed by atoms with Crippen LogP contribution in [0.4, 0.5) is 5.13 Å². The van der Waals surface area contributed by atoms with Crippen molar-refractivity contribution in [3.05, 3.63) is 21.9 Å². The lowest BCUT2D eigenvalue weighted by atomic mass is 10.3. The van der Waals surface area contributed by atoms with E-state index in [0.717, 1.165) is 53.3 Å². The molecule has 0 aliphatic carbocycles. The molecular weight excluding hydrogens is 466 g/mol. The minimum Gasteiger partial charge on any atom is -0.395 e. The number of piperazine rings is 1. The highest BCUT2D eigenvalue weighted by molar-refractivity contribution is 9.11. The summed E-state index contributed by atoms with van der Waals surface area (Å²) < 4.78 is 0.993. The number of aliphatic hydroxyl groups excluding tert-OH is 1. The van der Waals surface area contributed by atoms with Crippen LogP contribution >= 0.6 is 27.3 Å². The predicted octanol–water partition coefficient (Wildman–Crippen LogP) is 2.36. The van der Waals surface area contributed by atoms with Crippen molar-refractivity contribution in [2.45, 2.75) is 26.3 Å². The summed E-state index contributed by atoms with van der Waals surface area (Å²) in [6.45, 7) is 8.99. The number of amidine groups is 1. The van der Waals surface area contributed by atoms with Crippen LogP contribution in [0.25, 0.3) is 0 Å². The molecule has 0 saturated carbocycles. The molecule has 2 rings (SSSR count). The lowest BCUT2D eigenvalue weighted by molar-refractivity contribution is 0.147. The van der Waals surface area contributed by atoms with Crippen LogP contribution in [0.15, 0.2) is 26.9 Å². The molecule has 10 heteroatoms. The number of hydrogen-bond donors (Lipinski definition) is 3. The second kappa shape index (κ2) is 14.7. The molecular formula is C20H38BrN7OS. The van der Waals surface area contributed by atoms with Gasteiger partial charge in [0.05, 0.1) is 16.6 Å². The number of aliphatic hydroxyl groups is 1. The van der Waals surface area contributed by atoms with Gasteiger partial charge in [0.15, 0.2) is 5.13 Å². The smallest absolute Gasteiger partial charge is 0.189 e. The normalized spacial score (nSPS) is 16.7. The Morgan fingerprint density at radius 3 is 2.47 bits per heavy atom. The van der Waals surface area contributed by atoms with Crippen LogP contribution in [0, 0.1) is 0 Å². The van der Waals surface area contributed by atoms with Crippen LogP contribution in [0.2, 0.25) is 0 Å². The molecule has 3 N–H and O–H groups in total. The number of aromatic nitrogens is 1. The van der Waals surface area contributed by atoms with Gasteiger partial charge in [0.1, 0.15) is 11.7 Å². The number of thiazole rings is 1. The molecule has 1 unspecified atom stereocenters. The Kier molecular flexibility index (Phi) is 13.2. The van der Waals surface area contributed by atoms with E-state index in [2.05, 4.69) is 66.3 Å². The minimum absolute atomic E-state index is 0.215. The van der Waals surface area contributed by atoms with Gasteiger partial charge in [0, 0.05) is 66.0 Å². The zero-order valence-corrected chi connectivity index (χ0v) is 21.6. The van der Waals surface area contributed by atoms with Gasteiger partial charge in [-0.1, -0.05) is 18.3 Å². The molecule has 1 aliphatic heterocycles. The molecule has 172 valence electrons. The maximum Gasteiger partial charge on any atom is 0.189 e. The molecule has 1 fully saturated rings. The third-order valence-corrected chi connectivity index (χ3v) is 6.30. The van der Waals surface area contributed by atoms with Gasteiger partial charge in [-0.05, 0) is 36.3 Å². The lowest BCUT2D eigenvalue weighted by Crippen LogP contribution is -2.49. The monoisotopic (exact) mass is 503 g/mol. The van der Waals surface area contributed by atoms with E-state index in [0.29, 0.717) is 6.04 Å². The lowest BCUT2D eigenvalue weighted by Gasteiger charge is -2.35. The van der Waals surface area contributed by atoms with Gasteiger partial charge in [-0.2, -0.15) is 0 Å². The van der Waals surface area contributed by atoms with Crippen LogP contribution in [-0.2, 0) is 0 Å². The highest BCUT2D eigenvalue weighted by atomic mass is 79.9. The van der Waals surface area contributed by atoms with E-state index in [1.165, 1.54) is 6.42 Å². The van der Waals surface area contributed by atoms with Crippen LogP contribution in [0.5, 0.6) is 0 Å². The summed E-state index contributed by atoms with van der Waals surface area (Å²) in [6, 6.07) is 0.685. The zero-order valence-electron chi connectivity index (χ0n) is 19.2. The van der Waals surface area contributed by atoms with Crippen molar-refractivity contribution in [3.63, 3.8) is 0 Å². The summed E-state index contributed by atoms with van der Waals surface area (Å²) in [5.74, 6) is 1.89. The van der Waals surface area contributed by atoms with Gasteiger partial charge >= 0.3 is 0 Å². The van der Waals surface area contributed by atoms with Gasteiger partial charge in [-0.25, -0.2) is 4.98 Å². The van der Waals surface area contributed by atoms with Crippen molar-refractivity contribution in [2.75, 3.05) is 72.8 Å². The number of nitrogens with zero attached hydrogens (tertiary/aromatic N) is 5. The first-order chi connectivity index (χ1) is 14.3. The molecule has 0 aromatic carbocycles. The molecule has 8 nitrogen and oxygen atoms in total. The molecule has 1 aliphatic rings. The van der Waals surface area contributed by atoms with E-state index in [4.69, 9.17) is 5.11 Å². The SMILES string of the molecule is CCC(C)NC.CN=C(/C=C(/Nc1ncc(Br)s1)N(C)C)N1CCN(CCO)CC1. The molecule has 30 heavy (non-hydrogen) atoms. The Morgan fingerprint density at radius 1 is 1.40 bits per heavy atom. The van der Waals surface area contributed by atoms with Crippen molar-refractivity contribution in [1.29, 1.82) is 0 Å². The highest BCUT2D eigenvalue weighted by Crippen LogP contribution is 2.24. The second-order valence-electron chi connectivity index (χ2n) is 7.25. The van der Waals surface area contributed by atoms with E-state index in [1.54, 1.807) is 17.5 Å². The first kappa shape index (κ1) is 26.8. The maximum atomic E-state index is 9.05. The van der Waals surface area contributed by atoms with E-state index in [9.17, 15) is 0 Å². The Morgan fingerprint density at radius 2 is 2.07 bits per heavy atom. The molecule has 2 heterocycles. The van der Waals surface area contributed by atoms with E-state index >= 15 is 0 Å². The van der Waals surface area contributed by atoms with E-state index in [1.807, 2.05) is 33.1 Å². The highest BCUT2D eigenvalue weighted by Gasteiger charge is 2.19. The van der Waals surface area contributed by atoms with Gasteiger partial charge < -0.3 is 25.5 Å². The number of aliphatic imine (C=N–C) groups is 1. The van der Waals surface area contributed by atoms with Crippen molar-refractivity contribution in [2.24, 2.45) is 4.99 Å². The van der Waals surface area contributed by atoms with Gasteiger partial charge in [-0.15, -0.1) is 0 Å². The maximum absolute atomic E-state index is 9.05. The van der Waals surface area contributed by atoms with Gasteiger partial charge in [-0.3, -0.25) is 9.89 Å². The largest absolute Gasteiger partial charge is 0.395 e. The molecule has 0 radical (unpaired) electrons. The fourth-order valence-corrected chi connectivity index (χ4v) is 3.78. The van der Waals surface area contributed by atoms with Crippen molar-refractivity contribution >= 4 is 38.2 Å². The Hall–Kier alpha value is -1.20. The quantitative estimate of drug-likeness (QED) is 0.371. The zero-order chi connectivity index (χ0) is 22.5. The standard InChI is InChI=1S/C15H25BrN6OS.C5H13N/c1-17-13(22-6-4-21(5-7-22)8-9-23)10-14(20(2)3)19-15-18-11-12(16)24-15;1-4-5(2)6-3/h10-11,23H,4-9H2,1-3H3,(H,18,19);5-6H,4H2,1-3H3/b14-10-,17-13?;. The predicted molar refractivity (Wildman–Crippen MR) is 132 cm³/mol.